The molecule has 3 atom stereocenters. The molecule has 7 heteroatoms. The van der Waals surface area contributed by atoms with Gasteiger partial charge in [0.1, 0.15) is 12.6 Å². The normalized spacial score (nSPS) is 26.3. The zero-order valence-electron chi connectivity index (χ0n) is 16.1. The van der Waals surface area contributed by atoms with Crippen LogP contribution in [0.5, 0.6) is 0 Å². The van der Waals surface area contributed by atoms with Gasteiger partial charge in [0.15, 0.2) is 5.78 Å². The van der Waals surface area contributed by atoms with E-state index in [1.165, 1.54) is 0 Å². The molecule has 0 unspecified atom stereocenters. The van der Waals surface area contributed by atoms with Gasteiger partial charge in [-0.2, -0.15) is 23.5 Å². The van der Waals surface area contributed by atoms with Gasteiger partial charge in [-0.05, 0) is 18.8 Å². The van der Waals surface area contributed by atoms with Gasteiger partial charge in [-0.25, -0.2) is 0 Å². The van der Waals surface area contributed by atoms with E-state index in [9.17, 15) is 23.2 Å². The Kier molecular flexibility index (Phi) is 4.41. The second kappa shape index (κ2) is 6.58. The Labute approximate surface area is 166 Å². The molecule has 0 spiro atoms. The molecular weight excluding hydrogens is 379 g/mol. The summed E-state index contributed by atoms with van der Waals surface area (Å²) >= 11 is 0. The topological polar surface area (TPSA) is 58.7 Å². The average molecular weight is 399 g/mol. The van der Waals surface area contributed by atoms with Crippen LogP contribution in [0.4, 0.5) is 13.2 Å². The van der Waals surface area contributed by atoms with E-state index in [1.54, 1.807) is 13.0 Å². The smallest absolute Gasteiger partial charge is 0.293 e. The standard InChI is InChI=1S/C22H20F3N3O/c1-13-17-9-8-16-18(14-6-4-3-5-7-14)27-28(12-22(23,24)25)20(16)21(17,2)10-15(11-26)19(13)29/h3-7,10,13,17H,8-9,12H2,1-2H3/t13-,17-,21-/m1/s1. The molecule has 1 aromatic carbocycles. The van der Waals surface area contributed by atoms with Crippen molar-refractivity contribution in [3.8, 4) is 17.3 Å². The minimum atomic E-state index is -4.44. The molecule has 29 heavy (non-hydrogen) atoms. The van der Waals surface area contributed by atoms with Crippen molar-refractivity contribution in [2.75, 3.05) is 0 Å². The molecule has 0 radical (unpaired) electrons. The molecule has 0 saturated heterocycles. The zero-order valence-corrected chi connectivity index (χ0v) is 16.1. The number of nitriles is 1. The number of rotatable bonds is 2. The van der Waals surface area contributed by atoms with Crippen molar-refractivity contribution >= 4 is 5.78 Å². The molecule has 1 heterocycles. The number of fused-ring (bicyclic) bond motifs is 3. The molecule has 0 bridgehead atoms. The molecule has 1 aromatic heterocycles. The van der Waals surface area contributed by atoms with Gasteiger partial charge in [-0.3, -0.25) is 9.48 Å². The maximum absolute atomic E-state index is 13.4. The fourth-order valence-electron chi connectivity index (χ4n) is 5.06. The number of benzene rings is 1. The SMILES string of the molecule is C[C@H]1C(=O)C(C#N)=C[C@@]2(C)c3c(c(-c4ccccc4)nn3CC(F)(F)F)CC[C@H]12. The van der Waals surface area contributed by atoms with Gasteiger partial charge in [-0.15, -0.1) is 0 Å². The van der Waals surface area contributed by atoms with Crippen LogP contribution in [-0.4, -0.2) is 21.7 Å². The Balaban J connectivity index is 1.98. The highest BCUT2D eigenvalue weighted by Gasteiger charge is 2.51. The second-order valence-corrected chi connectivity index (χ2v) is 8.07. The Hall–Kier alpha value is -2.88. The predicted octanol–water partition coefficient (Wildman–Crippen LogP) is 4.60. The van der Waals surface area contributed by atoms with Crippen LogP contribution >= 0.6 is 0 Å². The van der Waals surface area contributed by atoms with E-state index in [4.69, 9.17) is 0 Å². The van der Waals surface area contributed by atoms with Crippen molar-refractivity contribution in [2.45, 2.75) is 44.8 Å². The first-order valence-electron chi connectivity index (χ1n) is 9.55. The molecule has 0 amide bonds. The van der Waals surface area contributed by atoms with E-state index in [-0.39, 0.29) is 17.3 Å². The lowest BCUT2D eigenvalue weighted by Crippen LogP contribution is -2.46. The summed E-state index contributed by atoms with van der Waals surface area (Å²) in [7, 11) is 0. The second-order valence-electron chi connectivity index (χ2n) is 8.07. The number of allylic oxidation sites excluding steroid dienone is 2. The highest BCUT2D eigenvalue weighted by Crippen LogP contribution is 2.51. The van der Waals surface area contributed by atoms with E-state index in [1.807, 2.05) is 43.3 Å². The van der Waals surface area contributed by atoms with Crippen molar-refractivity contribution in [3.63, 3.8) is 0 Å². The molecule has 4 rings (SSSR count). The monoisotopic (exact) mass is 399 g/mol. The first-order chi connectivity index (χ1) is 13.7. The number of Topliss-reactive ketones (excluding diaryl/α,β-unsaturated/α-hetero) is 1. The van der Waals surface area contributed by atoms with E-state index >= 15 is 0 Å². The first kappa shape index (κ1) is 19.4. The number of hydrogen-bond acceptors (Lipinski definition) is 3. The van der Waals surface area contributed by atoms with Crippen molar-refractivity contribution in [1.29, 1.82) is 5.26 Å². The van der Waals surface area contributed by atoms with Gasteiger partial charge < -0.3 is 0 Å². The summed E-state index contributed by atoms with van der Waals surface area (Å²) in [5, 5.41) is 13.8. The van der Waals surface area contributed by atoms with Crippen LogP contribution < -0.4 is 0 Å². The third-order valence-electron chi connectivity index (χ3n) is 6.26. The number of halogens is 3. The predicted molar refractivity (Wildman–Crippen MR) is 101 cm³/mol. The van der Waals surface area contributed by atoms with Gasteiger partial charge in [0, 0.05) is 22.5 Å². The van der Waals surface area contributed by atoms with Crippen LogP contribution in [0.1, 0.15) is 31.5 Å². The Morgan fingerprint density at radius 1 is 1.31 bits per heavy atom. The summed E-state index contributed by atoms with van der Waals surface area (Å²) < 4.78 is 41.2. The Morgan fingerprint density at radius 2 is 2.00 bits per heavy atom. The van der Waals surface area contributed by atoms with Crippen molar-refractivity contribution < 1.29 is 18.0 Å². The largest absolute Gasteiger partial charge is 0.408 e. The number of alkyl halides is 3. The van der Waals surface area contributed by atoms with Crippen LogP contribution in [0, 0.1) is 23.2 Å². The van der Waals surface area contributed by atoms with Crippen LogP contribution in [-0.2, 0) is 23.2 Å². The van der Waals surface area contributed by atoms with E-state index < -0.39 is 24.1 Å². The van der Waals surface area contributed by atoms with Crippen LogP contribution in [0.3, 0.4) is 0 Å². The number of hydrogen-bond donors (Lipinski definition) is 0. The number of nitrogens with zero attached hydrogens (tertiary/aromatic N) is 3. The lowest BCUT2D eigenvalue weighted by molar-refractivity contribution is -0.143. The van der Waals surface area contributed by atoms with Crippen LogP contribution in [0.25, 0.3) is 11.3 Å². The van der Waals surface area contributed by atoms with Crippen molar-refractivity contribution in [3.05, 3.63) is 53.2 Å². The molecule has 2 aliphatic carbocycles. The molecule has 4 nitrogen and oxygen atoms in total. The molecule has 0 saturated carbocycles. The number of carbonyl (C=O) groups is 1. The molecule has 0 fully saturated rings. The fraction of sp³-hybridized carbons (Fsp3) is 0.409. The van der Waals surface area contributed by atoms with Gasteiger partial charge in [-0.1, -0.05) is 50.3 Å². The third kappa shape index (κ3) is 3.07. The third-order valence-corrected chi connectivity index (χ3v) is 6.26. The summed E-state index contributed by atoms with van der Waals surface area (Å²) in [6.45, 7) is 2.39. The highest BCUT2D eigenvalue weighted by molar-refractivity contribution is 6.02. The first-order valence-corrected chi connectivity index (χ1v) is 9.55. The van der Waals surface area contributed by atoms with Crippen LogP contribution in [0.2, 0.25) is 0 Å². The molecule has 150 valence electrons. The maximum atomic E-state index is 13.4. The van der Waals surface area contributed by atoms with Crippen LogP contribution in [0.15, 0.2) is 42.0 Å². The maximum Gasteiger partial charge on any atom is 0.408 e. The summed E-state index contributed by atoms with van der Waals surface area (Å²) in [5.74, 6) is -0.835. The van der Waals surface area contributed by atoms with Crippen molar-refractivity contribution in [2.24, 2.45) is 11.8 Å². The number of aromatic nitrogens is 2. The quantitative estimate of drug-likeness (QED) is 0.742. The van der Waals surface area contributed by atoms with Gasteiger partial charge in [0.05, 0.1) is 17.0 Å². The van der Waals surface area contributed by atoms with E-state index in [2.05, 4.69) is 5.10 Å². The number of carbonyl (C=O) groups excluding carboxylic acids is 1. The lowest BCUT2D eigenvalue weighted by atomic mass is 9.57. The van der Waals surface area contributed by atoms with E-state index in [0.29, 0.717) is 24.2 Å². The number of ketones is 1. The zero-order chi connectivity index (χ0) is 21.0. The van der Waals surface area contributed by atoms with Gasteiger partial charge in [0.2, 0.25) is 0 Å². The highest BCUT2D eigenvalue weighted by atomic mass is 19.4. The minimum Gasteiger partial charge on any atom is -0.293 e. The molecule has 2 aromatic rings. The molecule has 2 aliphatic rings. The lowest BCUT2D eigenvalue weighted by Gasteiger charge is -2.45. The summed E-state index contributed by atoms with van der Waals surface area (Å²) in [4.78, 5) is 12.5. The van der Waals surface area contributed by atoms with Gasteiger partial charge in [0.25, 0.3) is 0 Å². The fourth-order valence-corrected chi connectivity index (χ4v) is 5.06. The summed E-state index contributed by atoms with van der Waals surface area (Å²) in [6, 6.07) is 11.1. The average Bonchev–Trinajstić information content (AvgIpc) is 3.03. The molecule has 0 N–H and O–H groups in total. The van der Waals surface area contributed by atoms with Crippen molar-refractivity contribution in [1.82, 2.24) is 9.78 Å². The minimum absolute atomic E-state index is 0.0186. The summed E-state index contributed by atoms with van der Waals surface area (Å²) in [6.07, 6.45) is -1.66. The Morgan fingerprint density at radius 3 is 2.62 bits per heavy atom. The van der Waals surface area contributed by atoms with E-state index in [0.717, 1.165) is 15.8 Å². The Bertz CT molecular complexity index is 1050. The molecule has 0 aliphatic heterocycles. The van der Waals surface area contributed by atoms with Gasteiger partial charge >= 0.3 is 6.18 Å². The summed E-state index contributed by atoms with van der Waals surface area (Å²) in [5.41, 5.74) is 1.70. The molecular formula is C22H20F3N3O.